The Morgan fingerprint density at radius 2 is 2.16 bits per heavy atom. The van der Waals surface area contributed by atoms with Gasteiger partial charge >= 0.3 is 0 Å². The van der Waals surface area contributed by atoms with E-state index in [-0.39, 0.29) is 0 Å². The number of carbonyl (C=O) groups is 1. The van der Waals surface area contributed by atoms with Crippen molar-refractivity contribution >= 4 is 5.91 Å². The summed E-state index contributed by atoms with van der Waals surface area (Å²) in [6.07, 6.45) is 6.76. The van der Waals surface area contributed by atoms with Crippen molar-refractivity contribution in [1.82, 2.24) is 24.9 Å². The maximum Gasteiger partial charge on any atom is 0.241 e. The molecule has 2 aromatic heterocycles. The zero-order valence-electron chi connectivity index (χ0n) is 14.3. The summed E-state index contributed by atoms with van der Waals surface area (Å²) in [6.45, 7) is 3.41. The van der Waals surface area contributed by atoms with Gasteiger partial charge in [-0.3, -0.25) is 14.7 Å². The van der Waals surface area contributed by atoms with E-state index in [9.17, 15) is 4.79 Å². The van der Waals surface area contributed by atoms with E-state index >= 15 is 0 Å². The third-order valence-electron chi connectivity index (χ3n) is 5.00. The van der Waals surface area contributed by atoms with Crippen LogP contribution in [0.25, 0.3) is 11.5 Å². The van der Waals surface area contributed by atoms with Crippen LogP contribution in [0.2, 0.25) is 0 Å². The second-order valence-electron chi connectivity index (χ2n) is 6.80. The van der Waals surface area contributed by atoms with Crippen LogP contribution >= 0.6 is 0 Å². The number of hydrogen-bond acceptors (Lipinski definition) is 6. The molecule has 0 aliphatic carbocycles. The average molecular weight is 341 g/mol. The molecule has 7 heteroatoms. The van der Waals surface area contributed by atoms with E-state index in [1.807, 2.05) is 18.2 Å². The molecule has 7 nitrogen and oxygen atoms in total. The Hall–Kier alpha value is -2.28. The number of carbonyl (C=O) groups excluding carboxylic acids is 1. The van der Waals surface area contributed by atoms with Crippen molar-refractivity contribution in [2.75, 3.05) is 19.6 Å². The molecule has 1 unspecified atom stereocenters. The Labute approximate surface area is 147 Å². The summed E-state index contributed by atoms with van der Waals surface area (Å²) in [4.78, 5) is 25.3. The van der Waals surface area contributed by atoms with E-state index in [2.05, 4.69) is 24.9 Å². The van der Waals surface area contributed by atoms with E-state index in [1.165, 1.54) is 0 Å². The van der Waals surface area contributed by atoms with Crippen molar-refractivity contribution in [2.45, 2.75) is 44.7 Å². The minimum atomic E-state index is 0.313. The smallest absolute Gasteiger partial charge is 0.241 e. The highest BCUT2D eigenvalue weighted by atomic mass is 16.5. The van der Waals surface area contributed by atoms with Gasteiger partial charge in [0.05, 0.1) is 6.54 Å². The number of amides is 1. The Bertz CT molecular complexity index is 717. The average Bonchev–Trinajstić information content (AvgIpc) is 3.12. The van der Waals surface area contributed by atoms with Crippen LogP contribution in [0.4, 0.5) is 0 Å². The summed E-state index contributed by atoms with van der Waals surface area (Å²) in [5.74, 6) is 1.44. The quantitative estimate of drug-likeness (QED) is 0.848. The molecule has 0 saturated carbocycles. The minimum absolute atomic E-state index is 0.313. The third-order valence-corrected chi connectivity index (χ3v) is 5.00. The Morgan fingerprint density at radius 3 is 3.00 bits per heavy atom. The van der Waals surface area contributed by atoms with Gasteiger partial charge in [-0.15, -0.1) is 0 Å². The summed E-state index contributed by atoms with van der Waals surface area (Å²) in [5.41, 5.74) is 0.716. The van der Waals surface area contributed by atoms with Crippen molar-refractivity contribution in [2.24, 2.45) is 0 Å². The van der Waals surface area contributed by atoms with Crippen LogP contribution in [0.3, 0.4) is 0 Å². The number of pyridine rings is 1. The molecule has 4 rings (SSSR count). The lowest BCUT2D eigenvalue weighted by atomic mass is 10.0. The number of likely N-dealkylation sites (tertiary alicyclic amines) is 2. The highest BCUT2D eigenvalue weighted by molar-refractivity contribution is 5.77. The van der Waals surface area contributed by atoms with Gasteiger partial charge in [0.2, 0.25) is 17.6 Å². The zero-order chi connectivity index (χ0) is 17.1. The highest BCUT2D eigenvalue weighted by Crippen LogP contribution is 2.22. The second-order valence-corrected chi connectivity index (χ2v) is 6.80. The lowest BCUT2D eigenvalue weighted by Gasteiger charge is -2.40. The van der Waals surface area contributed by atoms with Gasteiger partial charge in [-0.2, -0.15) is 4.98 Å². The highest BCUT2D eigenvalue weighted by Gasteiger charge is 2.30. The largest absolute Gasteiger partial charge is 0.338 e. The molecule has 2 saturated heterocycles. The summed E-state index contributed by atoms with van der Waals surface area (Å²) in [7, 11) is 0. The first-order valence-electron chi connectivity index (χ1n) is 9.05. The Morgan fingerprint density at radius 1 is 1.20 bits per heavy atom. The van der Waals surface area contributed by atoms with Gasteiger partial charge in [0, 0.05) is 31.7 Å². The minimum Gasteiger partial charge on any atom is -0.338 e. The molecule has 0 N–H and O–H groups in total. The number of aromatic nitrogens is 3. The van der Waals surface area contributed by atoms with E-state index in [0.29, 0.717) is 42.3 Å². The molecule has 1 amide bonds. The monoisotopic (exact) mass is 341 g/mol. The SMILES string of the molecule is O=C1CCCCN1C1CCCN(Cc2nc(-c3ccccn3)no2)C1. The Kier molecular flexibility index (Phi) is 4.74. The maximum atomic E-state index is 12.2. The topological polar surface area (TPSA) is 75.4 Å². The van der Waals surface area contributed by atoms with E-state index in [4.69, 9.17) is 4.52 Å². The van der Waals surface area contributed by atoms with E-state index in [0.717, 1.165) is 45.3 Å². The summed E-state index contributed by atoms with van der Waals surface area (Å²) in [6, 6.07) is 5.96. The second kappa shape index (κ2) is 7.31. The van der Waals surface area contributed by atoms with Gasteiger partial charge < -0.3 is 9.42 Å². The molecule has 1 atom stereocenters. The molecule has 2 aliphatic rings. The van der Waals surface area contributed by atoms with Gasteiger partial charge in [0.1, 0.15) is 5.69 Å². The van der Waals surface area contributed by atoms with Crippen LogP contribution in [0.1, 0.15) is 38.0 Å². The molecular weight excluding hydrogens is 318 g/mol. The van der Waals surface area contributed by atoms with Gasteiger partial charge in [-0.1, -0.05) is 11.2 Å². The predicted octanol–water partition coefficient (Wildman–Crippen LogP) is 2.11. The van der Waals surface area contributed by atoms with E-state index in [1.54, 1.807) is 6.20 Å². The first kappa shape index (κ1) is 16.2. The van der Waals surface area contributed by atoms with Gasteiger partial charge in [0.25, 0.3) is 0 Å². The van der Waals surface area contributed by atoms with Gasteiger partial charge in [-0.25, -0.2) is 0 Å². The molecule has 0 bridgehead atoms. The fourth-order valence-electron chi connectivity index (χ4n) is 3.75. The van der Waals surface area contributed by atoms with Crippen LogP contribution in [0.5, 0.6) is 0 Å². The number of nitrogens with zero attached hydrogens (tertiary/aromatic N) is 5. The summed E-state index contributed by atoms with van der Waals surface area (Å²) >= 11 is 0. The van der Waals surface area contributed by atoms with Crippen molar-refractivity contribution in [3.63, 3.8) is 0 Å². The van der Waals surface area contributed by atoms with E-state index < -0.39 is 0 Å². The zero-order valence-corrected chi connectivity index (χ0v) is 14.3. The van der Waals surface area contributed by atoms with Gasteiger partial charge in [0.15, 0.2) is 0 Å². The van der Waals surface area contributed by atoms with Crippen LogP contribution in [-0.4, -0.2) is 56.5 Å². The molecule has 2 aliphatic heterocycles. The summed E-state index contributed by atoms with van der Waals surface area (Å²) in [5, 5.41) is 4.03. The number of rotatable bonds is 4. The first-order chi connectivity index (χ1) is 12.3. The standard InChI is InChI=1S/C18H23N5O2/c24-17-8-2-4-11-23(17)14-6-5-10-22(12-14)13-16-20-18(21-25-16)15-7-1-3-9-19-15/h1,3,7,9,14H,2,4-6,8,10-13H2. The Balaban J connectivity index is 1.39. The van der Waals surface area contributed by atoms with Crippen LogP contribution in [0.15, 0.2) is 28.9 Å². The lowest BCUT2D eigenvalue weighted by molar-refractivity contribution is -0.137. The number of piperidine rings is 2. The first-order valence-corrected chi connectivity index (χ1v) is 9.05. The van der Waals surface area contributed by atoms with Gasteiger partial charge in [-0.05, 0) is 44.4 Å². The molecule has 25 heavy (non-hydrogen) atoms. The fourth-order valence-corrected chi connectivity index (χ4v) is 3.75. The van der Waals surface area contributed by atoms with Crippen molar-refractivity contribution in [3.8, 4) is 11.5 Å². The molecular formula is C18H23N5O2. The van der Waals surface area contributed by atoms with Crippen molar-refractivity contribution < 1.29 is 9.32 Å². The molecule has 2 aromatic rings. The van der Waals surface area contributed by atoms with Crippen molar-refractivity contribution in [1.29, 1.82) is 0 Å². The molecule has 2 fully saturated rings. The molecule has 132 valence electrons. The molecule has 0 aromatic carbocycles. The number of hydrogen-bond donors (Lipinski definition) is 0. The predicted molar refractivity (Wildman–Crippen MR) is 91.4 cm³/mol. The molecule has 4 heterocycles. The van der Waals surface area contributed by atoms with Crippen LogP contribution < -0.4 is 0 Å². The maximum absolute atomic E-state index is 12.2. The van der Waals surface area contributed by atoms with Crippen molar-refractivity contribution in [3.05, 3.63) is 30.3 Å². The third kappa shape index (κ3) is 3.71. The van der Waals surface area contributed by atoms with Crippen LogP contribution in [-0.2, 0) is 11.3 Å². The lowest BCUT2D eigenvalue weighted by Crippen LogP contribution is -2.51. The molecule has 0 radical (unpaired) electrons. The summed E-state index contributed by atoms with van der Waals surface area (Å²) < 4.78 is 5.40. The fraction of sp³-hybridized carbons (Fsp3) is 0.556. The van der Waals surface area contributed by atoms with Crippen LogP contribution in [0, 0.1) is 0 Å². The molecule has 0 spiro atoms. The normalized spacial score (nSPS) is 22.3.